The predicted molar refractivity (Wildman–Crippen MR) is 50.5 cm³/mol. The fourth-order valence-corrected chi connectivity index (χ4v) is 1.75. The van der Waals surface area contributed by atoms with Crippen LogP contribution in [0.1, 0.15) is 6.42 Å². The first-order valence-corrected chi connectivity index (χ1v) is 4.98. The number of amides is 1. The third kappa shape index (κ3) is 1.84. The summed E-state index contributed by atoms with van der Waals surface area (Å²) in [6.07, 6.45) is 1.02. The van der Waals surface area contributed by atoms with E-state index in [2.05, 4.69) is 17.3 Å². The molecule has 0 spiro atoms. The Labute approximate surface area is 78.9 Å². The molecule has 2 rings (SSSR count). The van der Waals surface area contributed by atoms with Gasteiger partial charge in [-0.1, -0.05) is 0 Å². The van der Waals surface area contributed by atoms with Crippen molar-refractivity contribution < 1.29 is 4.79 Å². The molecule has 0 aromatic heterocycles. The van der Waals surface area contributed by atoms with E-state index in [-0.39, 0.29) is 6.04 Å². The van der Waals surface area contributed by atoms with Crippen LogP contribution in [0.4, 0.5) is 0 Å². The minimum absolute atomic E-state index is 0.128. The van der Waals surface area contributed by atoms with Crippen molar-refractivity contribution in [2.75, 3.05) is 39.8 Å². The van der Waals surface area contributed by atoms with Gasteiger partial charge in [0.25, 0.3) is 0 Å². The Balaban J connectivity index is 1.83. The van der Waals surface area contributed by atoms with E-state index < -0.39 is 0 Å². The van der Waals surface area contributed by atoms with Gasteiger partial charge < -0.3 is 15.1 Å². The highest BCUT2D eigenvalue weighted by molar-refractivity contribution is 5.82. The summed E-state index contributed by atoms with van der Waals surface area (Å²) in [5.41, 5.74) is 0. The Bertz CT molecular complexity index is 195. The van der Waals surface area contributed by atoms with Gasteiger partial charge in [-0.3, -0.25) is 4.79 Å². The number of carbonyl (C=O) groups is 1. The highest BCUT2D eigenvalue weighted by atomic mass is 16.2. The first kappa shape index (κ1) is 8.97. The van der Waals surface area contributed by atoms with Crippen LogP contribution in [0.3, 0.4) is 0 Å². The molecule has 2 aliphatic heterocycles. The summed E-state index contributed by atoms with van der Waals surface area (Å²) in [7, 11) is 2.10. The number of likely N-dealkylation sites (N-methyl/N-ethyl adjacent to an activating group) is 1. The lowest BCUT2D eigenvalue weighted by Crippen LogP contribution is -2.58. The average Bonchev–Trinajstić information content (AvgIpc) is 2.02. The van der Waals surface area contributed by atoms with Crippen molar-refractivity contribution in [3.05, 3.63) is 0 Å². The second-order valence-corrected chi connectivity index (χ2v) is 3.92. The molecule has 74 valence electrons. The number of nitrogens with zero attached hydrogens (tertiary/aromatic N) is 2. The highest BCUT2D eigenvalue weighted by Gasteiger charge is 2.29. The van der Waals surface area contributed by atoms with Crippen LogP contribution in [-0.2, 0) is 4.79 Å². The van der Waals surface area contributed by atoms with Crippen molar-refractivity contribution in [3.63, 3.8) is 0 Å². The van der Waals surface area contributed by atoms with E-state index in [9.17, 15) is 4.79 Å². The van der Waals surface area contributed by atoms with Crippen LogP contribution in [-0.4, -0.2) is 61.5 Å². The van der Waals surface area contributed by atoms with E-state index in [4.69, 9.17) is 0 Å². The third-order valence-electron chi connectivity index (χ3n) is 2.94. The maximum atomic E-state index is 11.7. The van der Waals surface area contributed by atoms with Crippen LogP contribution in [0.2, 0.25) is 0 Å². The molecule has 2 aliphatic rings. The lowest BCUT2D eigenvalue weighted by Gasteiger charge is -2.37. The molecule has 0 saturated carbocycles. The van der Waals surface area contributed by atoms with Crippen LogP contribution in [0.15, 0.2) is 0 Å². The smallest absolute Gasteiger partial charge is 0.239 e. The fraction of sp³-hybridized carbons (Fsp3) is 0.889. The number of rotatable bonds is 1. The minimum atomic E-state index is 0.128. The monoisotopic (exact) mass is 183 g/mol. The van der Waals surface area contributed by atoms with Gasteiger partial charge in [-0.25, -0.2) is 0 Å². The maximum Gasteiger partial charge on any atom is 0.239 e. The quantitative estimate of drug-likeness (QED) is 0.573. The zero-order valence-electron chi connectivity index (χ0n) is 8.12. The van der Waals surface area contributed by atoms with Gasteiger partial charge >= 0.3 is 0 Å². The number of nitrogens with one attached hydrogen (secondary N) is 1. The van der Waals surface area contributed by atoms with E-state index >= 15 is 0 Å². The number of hydrogen-bond donors (Lipinski definition) is 1. The largest absolute Gasteiger partial charge is 0.339 e. The van der Waals surface area contributed by atoms with Crippen molar-refractivity contribution in [2.24, 2.45) is 0 Å². The molecule has 1 atom stereocenters. The number of hydrogen-bond acceptors (Lipinski definition) is 3. The zero-order valence-corrected chi connectivity index (χ0v) is 8.12. The maximum absolute atomic E-state index is 11.7. The first-order chi connectivity index (χ1) is 6.27. The molecule has 0 unspecified atom stereocenters. The minimum Gasteiger partial charge on any atom is -0.339 e. The highest BCUT2D eigenvalue weighted by Crippen LogP contribution is 2.08. The summed E-state index contributed by atoms with van der Waals surface area (Å²) < 4.78 is 0. The fourth-order valence-electron chi connectivity index (χ4n) is 1.75. The molecule has 2 saturated heterocycles. The molecule has 0 aliphatic carbocycles. The molecular formula is C9H17N3O. The molecule has 4 heteroatoms. The molecule has 0 bridgehead atoms. The third-order valence-corrected chi connectivity index (χ3v) is 2.94. The first-order valence-electron chi connectivity index (χ1n) is 4.98. The average molecular weight is 183 g/mol. The summed E-state index contributed by atoms with van der Waals surface area (Å²) in [4.78, 5) is 16.0. The van der Waals surface area contributed by atoms with Crippen LogP contribution >= 0.6 is 0 Å². The van der Waals surface area contributed by atoms with Gasteiger partial charge in [-0.05, 0) is 20.0 Å². The van der Waals surface area contributed by atoms with Crippen molar-refractivity contribution in [3.8, 4) is 0 Å². The SMILES string of the molecule is CN1CCN(C(=O)[C@@H]2CCN2)CC1. The predicted octanol–water partition coefficient (Wildman–Crippen LogP) is -0.878. The van der Waals surface area contributed by atoms with Crippen molar-refractivity contribution in [1.82, 2.24) is 15.1 Å². The van der Waals surface area contributed by atoms with E-state index in [0.29, 0.717) is 5.91 Å². The van der Waals surface area contributed by atoms with Crippen LogP contribution in [0.25, 0.3) is 0 Å². The summed E-state index contributed by atoms with van der Waals surface area (Å²) >= 11 is 0. The van der Waals surface area contributed by atoms with Gasteiger partial charge in [0.2, 0.25) is 5.91 Å². The topological polar surface area (TPSA) is 35.6 Å². The number of carbonyl (C=O) groups excluding carboxylic acids is 1. The van der Waals surface area contributed by atoms with Gasteiger partial charge in [0, 0.05) is 26.2 Å². The summed E-state index contributed by atoms with van der Waals surface area (Å²) in [5.74, 6) is 0.305. The Kier molecular flexibility index (Phi) is 2.51. The zero-order chi connectivity index (χ0) is 9.26. The summed E-state index contributed by atoms with van der Waals surface area (Å²) in [5, 5.41) is 3.15. The van der Waals surface area contributed by atoms with Crippen LogP contribution < -0.4 is 5.32 Å². The molecule has 2 heterocycles. The molecule has 0 aromatic carbocycles. The Morgan fingerprint density at radius 3 is 2.38 bits per heavy atom. The van der Waals surface area contributed by atoms with E-state index in [1.165, 1.54) is 0 Å². The lowest BCUT2D eigenvalue weighted by atomic mass is 10.1. The lowest BCUT2D eigenvalue weighted by molar-refractivity contribution is -0.136. The summed E-state index contributed by atoms with van der Waals surface area (Å²) in [6, 6.07) is 0.128. The van der Waals surface area contributed by atoms with Gasteiger partial charge in [0.15, 0.2) is 0 Å². The Morgan fingerprint density at radius 1 is 1.31 bits per heavy atom. The van der Waals surface area contributed by atoms with Gasteiger partial charge in [0.05, 0.1) is 6.04 Å². The molecule has 0 radical (unpaired) electrons. The Morgan fingerprint density at radius 2 is 1.92 bits per heavy atom. The van der Waals surface area contributed by atoms with Crippen molar-refractivity contribution >= 4 is 5.91 Å². The Hall–Kier alpha value is -0.610. The van der Waals surface area contributed by atoms with Gasteiger partial charge in [-0.2, -0.15) is 0 Å². The van der Waals surface area contributed by atoms with Crippen LogP contribution in [0.5, 0.6) is 0 Å². The molecular weight excluding hydrogens is 166 g/mol. The molecule has 0 aromatic rings. The number of piperazine rings is 1. The normalized spacial score (nSPS) is 29.9. The van der Waals surface area contributed by atoms with E-state index in [1.54, 1.807) is 0 Å². The van der Waals surface area contributed by atoms with E-state index in [1.807, 2.05) is 4.90 Å². The van der Waals surface area contributed by atoms with Gasteiger partial charge in [0.1, 0.15) is 0 Å². The van der Waals surface area contributed by atoms with Gasteiger partial charge in [-0.15, -0.1) is 0 Å². The second kappa shape index (κ2) is 3.64. The second-order valence-electron chi connectivity index (χ2n) is 3.92. The standard InChI is InChI=1S/C9H17N3O/c1-11-4-6-12(7-5-11)9(13)8-2-3-10-8/h8,10H,2-7H2,1H3/t8-/m0/s1. The molecule has 13 heavy (non-hydrogen) atoms. The summed E-state index contributed by atoms with van der Waals surface area (Å²) in [6.45, 7) is 4.82. The molecule has 1 amide bonds. The van der Waals surface area contributed by atoms with Crippen molar-refractivity contribution in [1.29, 1.82) is 0 Å². The molecule has 2 fully saturated rings. The van der Waals surface area contributed by atoms with Crippen molar-refractivity contribution in [2.45, 2.75) is 12.5 Å². The van der Waals surface area contributed by atoms with E-state index in [0.717, 1.165) is 39.1 Å². The van der Waals surface area contributed by atoms with Crippen LogP contribution in [0, 0.1) is 0 Å². The molecule has 1 N–H and O–H groups in total. The molecule has 4 nitrogen and oxygen atoms in total.